The number of carboxylic acid groups (broad SMARTS) is 1. The van der Waals surface area contributed by atoms with Crippen molar-refractivity contribution in [3.8, 4) is 11.8 Å². The third kappa shape index (κ3) is 6.12. The molecule has 1 aliphatic carbocycles. The average molecular weight is 364 g/mol. The van der Waals surface area contributed by atoms with Crippen molar-refractivity contribution >= 4 is 5.97 Å². The van der Waals surface area contributed by atoms with Gasteiger partial charge in [-0.2, -0.15) is 0 Å². The number of hydrogen-bond acceptors (Lipinski definition) is 4. The molecule has 0 amide bonds. The van der Waals surface area contributed by atoms with Crippen LogP contribution in [0.2, 0.25) is 0 Å². The molecule has 5 nitrogen and oxygen atoms in total. The van der Waals surface area contributed by atoms with Gasteiger partial charge in [0.2, 0.25) is 0 Å². The normalized spacial score (nSPS) is 27.9. The average Bonchev–Trinajstić information content (AvgIpc) is 3.26. The maximum absolute atomic E-state index is 10.7. The zero-order chi connectivity index (χ0) is 19.2. The van der Waals surface area contributed by atoms with Gasteiger partial charge in [-0.1, -0.05) is 44.3 Å². The first kappa shape index (κ1) is 21.0. The zero-order valence-corrected chi connectivity index (χ0v) is 15.7. The molecular formula is C21H32O5. The molecule has 3 N–H and O–H groups in total. The highest BCUT2D eigenvalue weighted by atomic mass is 16.6. The van der Waals surface area contributed by atoms with E-state index in [-0.39, 0.29) is 18.6 Å². The second-order valence-electron chi connectivity index (χ2n) is 7.65. The molecule has 0 radical (unpaired) electrons. The van der Waals surface area contributed by atoms with Crippen LogP contribution in [0.15, 0.2) is 12.2 Å². The molecule has 1 saturated carbocycles. The van der Waals surface area contributed by atoms with E-state index in [2.05, 4.69) is 25.3 Å². The highest BCUT2D eigenvalue weighted by Crippen LogP contribution is 2.43. The molecule has 146 valence electrons. The predicted molar refractivity (Wildman–Crippen MR) is 99.2 cm³/mol. The van der Waals surface area contributed by atoms with E-state index in [0.717, 1.165) is 25.7 Å². The zero-order valence-electron chi connectivity index (χ0n) is 15.7. The van der Waals surface area contributed by atoms with Crippen molar-refractivity contribution in [2.75, 3.05) is 0 Å². The number of ether oxygens (including phenoxy) is 1. The number of aliphatic carboxylic acids is 1. The van der Waals surface area contributed by atoms with Crippen LogP contribution in [0.5, 0.6) is 0 Å². The number of carboxylic acids is 1. The summed E-state index contributed by atoms with van der Waals surface area (Å²) in [5, 5.41) is 27.5. The molecule has 2 rings (SSSR count). The first-order valence-corrected chi connectivity index (χ1v) is 9.84. The number of carbonyl (C=O) groups is 1. The van der Waals surface area contributed by atoms with Gasteiger partial charge in [-0.25, -0.2) is 4.79 Å². The maximum atomic E-state index is 10.7. The number of epoxide rings is 1. The standard InChI is InChI=1S/C21H32O5/c1-3-4-5-6-7-8-9-16-11-10-15(2)17(16)14-19-18(26-19)12-13-21(24,25)20(22)23/h16-19,24-25H,2-7,10-14H2,1H3,(H,22,23)/t16-,17-,18?,19+/m0/s1. The maximum Gasteiger partial charge on any atom is 0.364 e. The lowest BCUT2D eigenvalue weighted by Gasteiger charge is -2.16. The molecule has 1 unspecified atom stereocenters. The van der Waals surface area contributed by atoms with E-state index in [4.69, 9.17) is 9.84 Å². The molecule has 2 fully saturated rings. The van der Waals surface area contributed by atoms with Gasteiger partial charge in [0, 0.05) is 18.8 Å². The molecule has 5 heteroatoms. The van der Waals surface area contributed by atoms with Gasteiger partial charge in [-0.15, -0.1) is 5.92 Å². The van der Waals surface area contributed by atoms with Crippen LogP contribution in [0.4, 0.5) is 0 Å². The van der Waals surface area contributed by atoms with Crippen molar-refractivity contribution < 1.29 is 24.9 Å². The number of unbranched alkanes of at least 4 members (excludes halogenated alkanes) is 4. The van der Waals surface area contributed by atoms with Crippen LogP contribution in [0, 0.1) is 23.7 Å². The molecule has 0 aromatic carbocycles. The summed E-state index contributed by atoms with van der Waals surface area (Å²) in [6.07, 6.45) is 8.85. The summed E-state index contributed by atoms with van der Waals surface area (Å²) in [4.78, 5) is 10.7. The summed E-state index contributed by atoms with van der Waals surface area (Å²) < 4.78 is 5.62. The fourth-order valence-electron chi connectivity index (χ4n) is 3.70. The Morgan fingerprint density at radius 1 is 1.31 bits per heavy atom. The molecule has 1 heterocycles. The molecule has 0 aromatic rings. The first-order valence-electron chi connectivity index (χ1n) is 9.84. The van der Waals surface area contributed by atoms with E-state index in [1.807, 2.05) is 0 Å². The molecule has 0 spiro atoms. The quantitative estimate of drug-likeness (QED) is 0.182. The fourth-order valence-corrected chi connectivity index (χ4v) is 3.70. The Morgan fingerprint density at radius 3 is 2.77 bits per heavy atom. The van der Waals surface area contributed by atoms with Gasteiger partial charge in [0.1, 0.15) is 0 Å². The summed E-state index contributed by atoms with van der Waals surface area (Å²) in [6, 6.07) is 0. The fraction of sp³-hybridized carbons (Fsp3) is 0.762. The topological polar surface area (TPSA) is 90.3 Å². The minimum Gasteiger partial charge on any atom is -0.477 e. The Bertz CT molecular complexity index is 556. The SMILES string of the molecule is C=C1CC[C@H](C#CCCCCCC)[C@H]1C[C@H]1OC1CCC(O)(O)C(=O)O. The van der Waals surface area contributed by atoms with Crippen molar-refractivity contribution in [2.45, 2.75) is 89.1 Å². The van der Waals surface area contributed by atoms with Crippen LogP contribution >= 0.6 is 0 Å². The molecule has 1 aliphatic heterocycles. The van der Waals surface area contributed by atoms with Crippen molar-refractivity contribution in [3.05, 3.63) is 12.2 Å². The van der Waals surface area contributed by atoms with Crippen LogP contribution in [0.3, 0.4) is 0 Å². The van der Waals surface area contributed by atoms with Crippen molar-refractivity contribution in [1.82, 2.24) is 0 Å². The highest BCUT2D eigenvalue weighted by molar-refractivity contribution is 5.74. The summed E-state index contributed by atoms with van der Waals surface area (Å²) in [5.74, 6) is 3.16. The van der Waals surface area contributed by atoms with Crippen LogP contribution in [0.1, 0.15) is 71.1 Å². The molecule has 2 aliphatic rings. The molecule has 0 bridgehead atoms. The summed E-state index contributed by atoms with van der Waals surface area (Å²) in [7, 11) is 0. The van der Waals surface area contributed by atoms with Gasteiger partial charge < -0.3 is 20.1 Å². The molecule has 26 heavy (non-hydrogen) atoms. The second kappa shape index (κ2) is 9.55. The summed E-state index contributed by atoms with van der Waals surface area (Å²) in [5.41, 5.74) is 1.23. The first-order chi connectivity index (χ1) is 12.3. The van der Waals surface area contributed by atoms with Gasteiger partial charge in [0.15, 0.2) is 0 Å². The summed E-state index contributed by atoms with van der Waals surface area (Å²) >= 11 is 0. The highest BCUT2D eigenvalue weighted by Gasteiger charge is 2.45. The van der Waals surface area contributed by atoms with Crippen LogP contribution < -0.4 is 0 Å². The van der Waals surface area contributed by atoms with E-state index >= 15 is 0 Å². The van der Waals surface area contributed by atoms with Crippen molar-refractivity contribution in [1.29, 1.82) is 0 Å². The van der Waals surface area contributed by atoms with Gasteiger partial charge >= 0.3 is 5.97 Å². The molecule has 4 atom stereocenters. The lowest BCUT2D eigenvalue weighted by Crippen LogP contribution is -2.38. The third-order valence-corrected chi connectivity index (χ3v) is 5.52. The van der Waals surface area contributed by atoms with Gasteiger partial charge in [-0.05, 0) is 38.0 Å². The van der Waals surface area contributed by atoms with Gasteiger partial charge in [0.05, 0.1) is 12.2 Å². The Kier molecular flexibility index (Phi) is 7.69. The lowest BCUT2D eigenvalue weighted by molar-refractivity contribution is -0.205. The molecule has 0 aromatic heterocycles. The van der Waals surface area contributed by atoms with Crippen molar-refractivity contribution in [2.24, 2.45) is 11.8 Å². The van der Waals surface area contributed by atoms with Gasteiger partial charge in [-0.3, -0.25) is 0 Å². The van der Waals surface area contributed by atoms with Crippen LogP contribution in [0.25, 0.3) is 0 Å². The minimum atomic E-state index is -2.67. The van der Waals surface area contributed by atoms with E-state index in [1.54, 1.807) is 0 Å². The van der Waals surface area contributed by atoms with E-state index in [9.17, 15) is 15.0 Å². The number of rotatable bonds is 10. The smallest absolute Gasteiger partial charge is 0.364 e. The predicted octanol–water partition coefficient (Wildman–Crippen LogP) is 3.25. The molecular weight excluding hydrogens is 332 g/mol. The monoisotopic (exact) mass is 364 g/mol. The second-order valence-corrected chi connectivity index (χ2v) is 7.65. The summed E-state index contributed by atoms with van der Waals surface area (Å²) in [6.45, 7) is 6.39. The largest absolute Gasteiger partial charge is 0.477 e. The third-order valence-electron chi connectivity index (χ3n) is 5.52. The minimum absolute atomic E-state index is 0.0494. The van der Waals surface area contributed by atoms with Crippen LogP contribution in [-0.2, 0) is 9.53 Å². The number of allylic oxidation sites excluding steroid dienone is 1. The van der Waals surface area contributed by atoms with E-state index in [0.29, 0.717) is 18.3 Å². The Hall–Kier alpha value is -1.35. The lowest BCUT2D eigenvalue weighted by atomic mass is 9.88. The Balaban J connectivity index is 1.74. The Labute approximate surface area is 156 Å². The van der Waals surface area contributed by atoms with E-state index < -0.39 is 11.8 Å². The molecule has 1 saturated heterocycles. The van der Waals surface area contributed by atoms with E-state index in [1.165, 1.54) is 31.3 Å². The number of aliphatic hydroxyl groups is 2. The van der Waals surface area contributed by atoms with Gasteiger partial charge in [0.25, 0.3) is 5.79 Å². The Morgan fingerprint density at radius 2 is 2.08 bits per heavy atom. The van der Waals surface area contributed by atoms with Crippen molar-refractivity contribution in [3.63, 3.8) is 0 Å². The van der Waals surface area contributed by atoms with Crippen LogP contribution in [-0.4, -0.2) is 39.3 Å². The number of hydrogen-bond donors (Lipinski definition) is 3.